The van der Waals surface area contributed by atoms with Gasteiger partial charge in [0.25, 0.3) is 0 Å². The van der Waals surface area contributed by atoms with E-state index in [9.17, 15) is 4.79 Å². The maximum absolute atomic E-state index is 11.2. The highest BCUT2D eigenvalue weighted by Gasteiger charge is 2.04. The van der Waals surface area contributed by atoms with E-state index in [2.05, 4.69) is 10.2 Å². The summed E-state index contributed by atoms with van der Waals surface area (Å²) in [5.74, 6) is -0.145. The van der Waals surface area contributed by atoms with Crippen LogP contribution in [0.4, 0.5) is 0 Å². The summed E-state index contributed by atoms with van der Waals surface area (Å²) in [7, 11) is 0. The number of aryl methyl sites for hydroxylation is 3. The third-order valence-electron chi connectivity index (χ3n) is 2.01. The minimum atomic E-state index is -0.481. The van der Waals surface area contributed by atoms with Crippen molar-refractivity contribution in [2.75, 3.05) is 0 Å². The standard InChI is InChI=1S/C9H9N5O2/c1-7-12-14(9(15)16-7)3-2-13-6-8(4-10)5-11-13/h5-6H,2-3H2,1H3. The van der Waals surface area contributed by atoms with Crippen LogP contribution in [-0.4, -0.2) is 19.6 Å². The summed E-state index contributed by atoms with van der Waals surface area (Å²) in [6.45, 7) is 2.44. The van der Waals surface area contributed by atoms with Gasteiger partial charge in [-0.3, -0.25) is 4.68 Å². The second kappa shape index (κ2) is 4.02. The maximum Gasteiger partial charge on any atom is 0.437 e. The molecular weight excluding hydrogens is 210 g/mol. The molecule has 0 amide bonds. The molecule has 0 aromatic carbocycles. The van der Waals surface area contributed by atoms with Gasteiger partial charge in [0.1, 0.15) is 6.07 Å². The molecule has 0 fully saturated rings. The number of hydrogen-bond donors (Lipinski definition) is 0. The Kier molecular flexibility index (Phi) is 2.55. The van der Waals surface area contributed by atoms with E-state index in [4.69, 9.17) is 9.68 Å². The van der Waals surface area contributed by atoms with Crippen LogP contribution in [0.15, 0.2) is 21.6 Å². The fraction of sp³-hybridized carbons (Fsp3) is 0.333. The fourth-order valence-electron chi connectivity index (χ4n) is 1.29. The maximum atomic E-state index is 11.2. The van der Waals surface area contributed by atoms with Crippen LogP contribution >= 0.6 is 0 Å². The van der Waals surface area contributed by atoms with E-state index in [1.165, 1.54) is 10.9 Å². The molecule has 0 atom stereocenters. The Labute approximate surface area is 90.5 Å². The summed E-state index contributed by atoms with van der Waals surface area (Å²) >= 11 is 0. The average molecular weight is 219 g/mol. The van der Waals surface area contributed by atoms with E-state index in [1.807, 2.05) is 6.07 Å². The van der Waals surface area contributed by atoms with Crippen molar-refractivity contribution in [1.82, 2.24) is 19.6 Å². The molecule has 0 aliphatic heterocycles. The molecule has 2 rings (SSSR count). The van der Waals surface area contributed by atoms with Gasteiger partial charge in [0.15, 0.2) is 0 Å². The zero-order valence-corrected chi connectivity index (χ0v) is 8.62. The molecule has 0 saturated carbocycles. The second-order valence-electron chi connectivity index (χ2n) is 3.21. The first-order valence-electron chi connectivity index (χ1n) is 4.66. The van der Waals surface area contributed by atoms with Crippen molar-refractivity contribution in [1.29, 1.82) is 5.26 Å². The number of hydrogen-bond acceptors (Lipinski definition) is 5. The molecule has 0 unspecified atom stereocenters. The molecule has 16 heavy (non-hydrogen) atoms. The molecule has 0 aliphatic carbocycles. The summed E-state index contributed by atoms with van der Waals surface area (Å²) in [5.41, 5.74) is 0.490. The number of nitriles is 1. The summed E-state index contributed by atoms with van der Waals surface area (Å²) < 4.78 is 7.55. The summed E-state index contributed by atoms with van der Waals surface area (Å²) in [6.07, 6.45) is 3.08. The molecule has 7 heteroatoms. The molecule has 0 N–H and O–H groups in total. The highest BCUT2D eigenvalue weighted by atomic mass is 16.4. The van der Waals surface area contributed by atoms with Crippen molar-refractivity contribution in [3.63, 3.8) is 0 Å². The van der Waals surface area contributed by atoms with Crippen LogP contribution in [-0.2, 0) is 13.1 Å². The van der Waals surface area contributed by atoms with Gasteiger partial charge in [-0.25, -0.2) is 4.79 Å². The largest absolute Gasteiger partial charge is 0.437 e. The molecule has 2 aromatic rings. The van der Waals surface area contributed by atoms with Crippen molar-refractivity contribution in [2.45, 2.75) is 20.0 Å². The van der Waals surface area contributed by atoms with Gasteiger partial charge in [-0.15, -0.1) is 5.10 Å². The van der Waals surface area contributed by atoms with Crippen molar-refractivity contribution in [3.05, 3.63) is 34.4 Å². The third-order valence-corrected chi connectivity index (χ3v) is 2.01. The molecule has 0 radical (unpaired) electrons. The van der Waals surface area contributed by atoms with Gasteiger partial charge < -0.3 is 4.42 Å². The van der Waals surface area contributed by atoms with Gasteiger partial charge in [0.2, 0.25) is 5.89 Å². The fourth-order valence-corrected chi connectivity index (χ4v) is 1.29. The van der Waals surface area contributed by atoms with Crippen molar-refractivity contribution >= 4 is 0 Å². The van der Waals surface area contributed by atoms with Gasteiger partial charge in [-0.2, -0.15) is 15.0 Å². The van der Waals surface area contributed by atoms with Gasteiger partial charge >= 0.3 is 5.76 Å². The van der Waals surface area contributed by atoms with E-state index in [1.54, 1.807) is 17.8 Å². The Bertz CT molecular complexity index is 586. The van der Waals surface area contributed by atoms with Crippen LogP contribution < -0.4 is 5.76 Å². The molecular formula is C9H9N5O2. The quantitative estimate of drug-likeness (QED) is 0.719. The number of rotatable bonds is 3. The first-order valence-corrected chi connectivity index (χ1v) is 4.66. The molecule has 7 nitrogen and oxygen atoms in total. The SMILES string of the molecule is Cc1nn(CCn2cc(C#N)cn2)c(=O)o1. The lowest BCUT2D eigenvalue weighted by Gasteiger charge is -1.98. The van der Waals surface area contributed by atoms with E-state index in [-0.39, 0.29) is 0 Å². The minimum absolute atomic E-state index is 0.336. The Morgan fingerprint density at radius 3 is 2.94 bits per heavy atom. The predicted octanol–water partition coefficient (Wildman–Crippen LogP) is -0.0869. The van der Waals surface area contributed by atoms with Gasteiger partial charge in [0.05, 0.1) is 24.8 Å². The van der Waals surface area contributed by atoms with E-state index in [0.717, 1.165) is 0 Å². The lowest BCUT2D eigenvalue weighted by Crippen LogP contribution is -2.19. The van der Waals surface area contributed by atoms with Gasteiger partial charge in [-0.05, 0) is 0 Å². The molecule has 0 spiro atoms. The first-order chi connectivity index (χ1) is 7.69. The Balaban J connectivity index is 2.05. The van der Waals surface area contributed by atoms with Crippen LogP contribution in [0.5, 0.6) is 0 Å². The van der Waals surface area contributed by atoms with Crippen molar-refractivity contribution in [2.24, 2.45) is 0 Å². The van der Waals surface area contributed by atoms with E-state index >= 15 is 0 Å². The van der Waals surface area contributed by atoms with E-state index in [0.29, 0.717) is 24.5 Å². The number of nitrogens with zero attached hydrogens (tertiary/aromatic N) is 5. The highest BCUT2D eigenvalue weighted by Crippen LogP contribution is 1.95. The lowest BCUT2D eigenvalue weighted by atomic mass is 10.4. The van der Waals surface area contributed by atoms with Crippen molar-refractivity contribution in [3.8, 4) is 6.07 Å². The van der Waals surface area contributed by atoms with Crippen LogP contribution in [0.3, 0.4) is 0 Å². The van der Waals surface area contributed by atoms with E-state index < -0.39 is 5.76 Å². The van der Waals surface area contributed by atoms with Crippen LogP contribution in [0, 0.1) is 18.3 Å². The first kappa shape index (κ1) is 10.2. The summed E-state index contributed by atoms with van der Waals surface area (Å²) in [5, 5.41) is 16.4. The predicted molar refractivity (Wildman–Crippen MR) is 52.4 cm³/mol. The van der Waals surface area contributed by atoms with Gasteiger partial charge in [0, 0.05) is 13.1 Å². The highest BCUT2D eigenvalue weighted by molar-refractivity contribution is 5.21. The molecule has 0 aliphatic rings. The summed E-state index contributed by atoms with van der Waals surface area (Å²) in [4.78, 5) is 11.2. The molecule has 2 aromatic heterocycles. The Morgan fingerprint density at radius 2 is 2.38 bits per heavy atom. The average Bonchev–Trinajstić information content (AvgIpc) is 2.82. The molecule has 0 saturated heterocycles. The van der Waals surface area contributed by atoms with Crippen molar-refractivity contribution < 1.29 is 4.42 Å². The zero-order valence-electron chi connectivity index (χ0n) is 8.62. The summed E-state index contributed by atoms with van der Waals surface area (Å²) in [6, 6.07) is 1.98. The molecule has 0 bridgehead atoms. The number of aromatic nitrogens is 4. The van der Waals surface area contributed by atoms with Gasteiger partial charge in [-0.1, -0.05) is 0 Å². The third kappa shape index (κ3) is 2.00. The second-order valence-corrected chi connectivity index (χ2v) is 3.21. The molecule has 2 heterocycles. The monoisotopic (exact) mass is 219 g/mol. The molecule has 82 valence electrons. The smallest absolute Gasteiger partial charge is 0.393 e. The van der Waals surface area contributed by atoms with Crippen LogP contribution in [0.2, 0.25) is 0 Å². The minimum Gasteiger partial charge on any atom is -0.393 e. The van der Waals surface area contributed by atoms with Crippen LogP contribution in [0.25, 0.3) is 0 Å². The normalized spacial score (nSPS) is 10.2. The van der Waals surface area contributed by atoms with Crippen LogP contribution in [0.1, 0.15) is 11.5 Å². The Hall–Kier alpha value is -2.36. The Morgan fingerprint density at radius 1 is 1.56 bits per heavy atom. The zero-order chi connectivity index (χ0) is 11.5. The lowest BCUT2D eigenvalue weighted by molar-refractivity contribution is 0.437. The topological polar surface area (TPSA) is 89.6 Å².